The van der Waals surface area contributed by atoms with Crippen molar-refractivity contribution in [2.45, 2.75) is 26.2 Å². The van der Waals surface area contributed by atoms with E-state index in [2.05, 4.69) is 31.0 Å². The van der Waals surface area contributed by atoms with Crippen molar-refractivity contribution in [1.29, 1.82) is 0 Å². The number of anilines is 1. The maximum Gasteiger partial charge on any atom is 0.120 e. The summed E-state index contributed by atoms with van der Waals surface area (Å²) in [6.45, 7) is 4.15. The molecule has 0 aromatic heterocycles. The van der Waals surface area contributed by atoms with Gasteiger partial charge < -0.3 is 15.4 Å². The van der Waals surface area contributed by atoms with Gasteiger partial charge in [-0.25, -0.2) is 0 Å². The molecule has 2 N–H and O–H groups in total. The average Bonchev–Trinajstić information content (AvgIpc) is 2.39. The molecule has 0 spiro atoms. The van der Waals surface area contributed by atoms with Crippen LogP contribution in [0.5, 0.6) is 5.75 Å². The van der Waals surface area contributed by atoms with Gasteiger partial charge >= 0.3 is 0 Å². The van der Waals surface area contributed by atoms with E-state index in [-0.39, 0.29) is 0 Å². The van der Waals surface area contributed by atoms with Crippen molar-refractivity contribution in [3.8, 4) is 5.75 Å². The number of benzene rings is 1. The molecular weight excluding hydrogens is 224 g/mol. The van der Waals surface area contributed by atoms with Crippen molar-refractivity contribution < 1.29 is 4.74 Å². The fourth-order valence-corrected chi connectivity index (χ4v) is 2.08. The summed E-state index contributed by atoms with van der Waals surface area (Å²) in [6, 6.07) is 8.19. The lowest BCUT2D eigenvalue weighted by Gasteiger charge is -2.20. The van der Waals surface area contributed by atoms with E-state index in [1.165, 1.54) is 18.5 Å². The lowest BCUT2D eigenvalue weighted by Crippen LogP contribution is -2.19. The highest BCUT2D eigenvalue weighted by molar-refractivity contribution is 5.49. The SMILES string of the molecule is COc1cccc(N(C)CCCC(C)CCN)c1. The van der Waals surface area contributed by atoms with Gasteiger partial charge in [-0.15, -0.1) is 0 Å². The number of nitrogens with two attached hydrogens (primary N) is 1. The quantitative estimate of drug-likeness (QED) is 0.771. The highest BCUT2D eigenvalue weighted by atomic mass is 16.5. The molecule has 0 fully saturated rings. The van der Waals surface area contributed by atoms with Gasteiger partial charge in [-0.3, -0.25) is 0 Å². The maximum absolute atomic E-state index is 5.56. The first kappa shape index (κ1) is 14.8. The Morgan fingerprint density at radius 3 is 2.78 bits per heavy atom. The summed E-state index contributed by atoms with van der Waals surface area (Å²) in [5.74, 6) is 1.64. The molecule has 0 bridgehead atoms. The van der Waals surface area contributed by atoms with E-state index in [1.807, 2.05) is 12.1 Å². The minimum Gasteiger partial charge on any atom is -0.497 e. The largest absolute Gasteiger partial charge is 0.497 e. The van der Waals surface area contributed by atoms with E-state index in [9.17, 15) is 0 Å². The zero-order chi connectivity index (χ0) is 13.4. The van der Waals surface area contributed by atoms with Crippen LogP contribution in [0.25, 0.3) is 0 Å². The van der Waals surface area contributed by atoms with Crippen molar-refractivity contribution >= 4 is 5.69 Å². The van der Waals surface area contributed by atoms with Crippen LogP contribution in [0.1, 0.15) is 26.2 Å². The molecule has 1 rings (SSSR count). The molecule has 18 heavy (non-hydrogen) atoms. The maximum atomic E-state index is 5.56. The molecule has 0 saturated heterocycles. The van der Waals surface area contributed by atoms with E-state index < -0.39 is 0 Å². The molecule has 0 aliphatic rings. The molecule has 102 valence electrons. The first-order valence-corrected chi connectivity index (χ1v) is 6.72. The molecule has 1 aromatic carbocycles. The van der Waals surface area contributed by atoms with Crippen LogP contribution in [0.15, 0.2) is 24.3 Å². The topological polar surface area (TPSA) is 38.5 Å². The minimum absolute atomic E-state index is 0.730. The van der Waals surface area contributed by atoms with Gasteiger partial charge in [0.1, 0.15) is 5.75 Å². The first-order chi connectivity index (χ1) is 8.67. The Hall–Kier alpha value is -1.22. The molecule has 1 unspecified atom stereocenters. The van der Waals surface area contributed by atoms with Crippen LogP contribution in [0.3, 0.4) is 0 Å². The van der Waals surface area contributed by atoms with Gasteiger partial charge in [-0.05, 0) is 43.9 Å². The van der Waals surface area contributed by atoms with Crippen molar-refractivity contribution in [2.75, 3.05) is 32.1 Å². The number of methoxy groups -OCH3 is 1. The fraction of sp³-hybridized carbons (Fsp3) is 0.600. The van der Waals surface area contributed by atoms with E-state index >= 15 is 0 Å². The first-order valence-electron chi connectivity index (χ1n) is 6.72. The molecular formula is C15H26N2O. The number of nitrogens with zero attached hydrogens (tertiary/aromatic N) is 1. The summed E-state index contributed by atoms with van der Waals surface area (Å²) in [7, 11) is 3.83. The van der Waals surface area contributed by atoms with Crippen LogP contribution in [0, 0.1) is 5.92 Å². The Labute approximate surface area is 111 Å². The molecule has 1 atom stereocenters. The van der Waals surface area contributed by atoms with E-state index in [1.54, 1.807) is 7.11 Å². The summed E-state index contributed by atoms with van der Waals surface area (Å²) >= 11 is 0. The molecule has 1 aromatic rings. The van der Waals surface area contributed by atoms with Crippen LogP contribution in [-0.4, -0.2) is 27.2 Å². The summed E-state index contributed by atoms with van der Waals surface area (Å²) < 4.78 is 5.24. The monoisotopic (exact) mass is 250 g/mol. The Kier molecular flexibility index (Phi) is 6.58. The van der Waals surface area contributed by atoms with Crippen molar-refractivity contribution in [3.05, 3.63) is 24.3 Å². The molecule has 0 aliphatic heterocycles. The van der Waals surface area contributed by atoms with Gasteiger partial charge in [0.15, 0.2) is 0 Å². The summed E-state index contributed by atoms with van der Waals surface area (Å²) in [6.07, 6.45) is 3.57. The lowest BCUT2D eigenvalue weighted by atomic mass is 10.0. The smallest absolute Gasteiger partial charge is 0.120 e. The molecule has 0 aliphatic carbocycles. The van der Waals surface area contributed by atoms with Gasteiger partial charge in [0, 0.05) is 25.3 Å². The van der Waals surface area contributed by atoms with Crippen molar-refractivity contribution in [3.63, 3.8) is 0 Å². The Balaban J connectivity index is 2.37. The third kappa shape index (κ3) is 4.96. The standard InChI is InChI=1S/C15H26N2O/c1-13(9-10-16)6-5-11-17(2)14-7-4-8-15(12-14)18-3/h4,7-8,12-13H,5-6,9-11,16H2,1-3H3. The van der Waals surface area contributed by atoms with Crippen LogP contribution >= 0.6 is 0 Å². The van der Waals surface area contributed by atoms with Crippen LogP contribution in [0.4, 0.5) is 5.69 Å². The van der Waals surface area contributed by atoms with Gasteiger partial charge in [0.05, 0.1) is 7.11 Å². The predicted molar refractivity (Wildman–Crippen MR) is 78.3 cm³/mol. The van der Waals surface area contributed by atoms with Gasteiger partial charge in [-0.2, -0.15) is 0 Å². The molecule has 3 nitrogen and oxygen atoms in total. The summed E-state index contributed by atoms with van der Waals surface area (Å²) in [5.41, 5.74) is 6.77. The second kappa shape index (κ2) is 7.98. The highest BCUT2D eigenvalue weighted by Gasteiger charge is 2.04. The summed E-state index contributed by atoms with van der Waals surface area (Å²) in [4.78, 5) is 2.28. The lowest BCUT2D eigenvalue weighted by molar-refractivity contribution is 0.414. The zero-order valence-corrected chi connectivity index (χ0v) is 11.9. The van der Waals surface area contributed by atoms with Crippen molar-refractivity contribution in [2.24, 2.45) is 11.7 Å². The average molecular weight is 250 g/mol. The number of hydrogen-bond acceptors (Lipinski definition) is 3. The number of ether oxygens (including phenoxy) is 1. The third-order valence-electron chi connectivity index (χ3n) is 3.34. The minimum atomic E-state index is 0.730. The van der Waals surface area contributed by atoms with E-state index in [0.717, 1.165) is 31.2 Å². The second-order valence-corrected chi connectivity index (χ2v) is 4.95. The molecule has 0 saturated carbocycles. The molecule has 0 radical (unpaired) electrons. The molecule has 3 heteroatoms. The Morgan fingerprint density at radius 2 is 2.11 bits per heavy atom. The van der Waals surface area contributed by atoms with Crippen molar-refractivity contribution in [1.82, 2.24) is 0 Å². The zero-order valence-electron chi connectivity index (χ0n) is 11.9. The van der Waals surface area contributed by atoms with E-state index in [4.69, 9.17) is 10.5 Å². The number of hydrogen-bond donors (Lipinski definition) is 1. The Bertz CT molecular complexity index is 341. The van der Waals surface area contributed by atoms with E-state index in [0.29, 0.717) is 0 Å². The Morgan fingerprint density at radius 1 is 1.33 bits per heavy atom. The second-order valence-electron chi connectivity index (χ2n) is 4.95. The van der Waals surface area contributed by atoms with Crippen LogP contribution < -0.4 is 15.4 Å². The fourth-order valence-electron chi connectivity index (χ4n) is 2.08. The molecule has 0 heterocycles. The molecule has 0 amide bonds. The normalized spacial score (nSPS) is 12.2. The summed E-state index contributed by atoms with van der Waals surface area (Å²) in [5, 5.41) is 0. The third-order valence-corrected chi connectivity index (χ3v) is 3.34. The van der Waals surface area contributed by atoms with Gasteiger partial charge in [0.2, 0.25) is 0 Å². The highest BCUT2D eigenvalue weighted by Crippen LogP contribution is 2.20. The van der Waals surface area contributed by atoms with Crippen LogP contribution in [-0.2, 0) is 0 Å². The van der Waals surface area contributed by atoms with Gasteiger partial charge in [0.25, 0.3) is 0 Å². The predicted octanol–water partition coefficient (Wildman–Crippen LogP) is 2.90. The number of rotatable bonds is 8. The van der Waals surface area contributed by atoms with Crippen LogP contribution in [0.2, 0.25) is 0 Å². The van der Waals surface area contributed by atoms with Gasteiger partial charge in [-0.1, -0.05) is 13.0 Å².